The van der Waals surface area contributed by atoms with E-state index in [1.807, 2.05) is 20.8 Å². The maximum absolute atomic E-state index is 12.4. The van der Waals surface area contributed by atoms with Crippen molar-refractivity contribution >= 4 is 6.21 Å². The molecule has 0 atom stereocenters. The number of hydrogen-bond donors (Lipinski definition) is 0. The standard InChI is InChI=1S/C12H15F2NO/c1-12(2,3)16-15-8-9-5-4-6-10(7-9)11(13)14/h4-8,11H,1-3H3. The molecule has 0 saturated carbocycles. The normalized spacial score (nSPS) is 12.4. The zero-order valence-corrected chi connectivity index (χ0v) is 9.58. The largest absolute Gasteiger partial charge is 0.390 e. The molecule has 4 heteroatoms. The molecule has 16 heavy (non-hydrogen) atoms. The molecule has 1 rings (SSSR count). The second-order valence-corrected chi connectivity index (χ2v) is 4.41. The SMILES string of the molecule is CC(C)(C)ON=Cc1cccc(C(F)F)c1. The van der Waals surface area contributed by atoms with Gasteiger partial charge in [-0.2, -0.15) is 0 Å². The monoisotopic (exact) mass is 227 g/mol. The summed E-state index contributed by atoms with van der Waals surface area (Å²) in [5.74, 6) is 0. The predicted octanol–water partition coefficient (Wildman–Crippen LogP) is 3.77. The molecule has 0 bridgehead atoms. The molecule has 0 spiro atoms. The lowest BCUT2D eigenvalue weighted by molar-refractivity contribution is 0.00199. The van der Waals surface area contributed by atoms with Gasteiger partial charge in [-0.15, -0.1) is 0 Å². The van der Waals surface area contributed by atoms with Crippen molar-refractivity contribution in [3.05, 3.63) is 35.4 Å². The summed E-state index contributed by atoms with van der Waals surface area (Å²) in [6.07, 6.45) is -1.03. The molecule has 0 aliphatic carbocycles. The van der Waals surface area contributed by atoms with Crippen molar-refractivity contribution in [1.82, 2.24) is 0 Å². The van der Waals surface area contributed by atoms with Crippen LogP contribution in [-0.4, -0.2) is 11.8 Å². The molecule has 0 fully saturated rings. The zero-order chi connectivity index (χ0) is 12.2. The smallest absolute Gasteiger partial charge is 0.263 e. The third-order valence-electron chi connectivity index (χ3n) is 1.69. The van der Waals surface area contributed by atoms with Gasteiger partial charge < -0.3 is 4.84 Å². The predicted molar refractivity (Wildman–Crippen MR) is 59.8 cm³/mol. The van der Waals surface area contributed by atoms with Gasteiger partial charge in [0.05, 0.1) is 6.21 Å². The van der Waals surface area contributed by atoms with E-state index in [1.165, 1.54) is 18.3 Å². The Morgan fingerprint density at radius 3 is 2.56 bits per heavy atom. The Labute approximate surface area is 93.9 Å². The van der Waals surface area contributed by atoms with Crippen molar-refractivity contribution in [1.29, 1.82) is 0 Å². The highest BCUT2D eigenvalue weighted by Crippen LogP contribution is 2.18. The summed E-state index contributed by atoms with van der Waals surface area (Å²) >= 11 is 0. The van der Waals surface area contributed by atoms with Crippen molar-refractivity contribution in [2.45, 2.75) is 32.8 Å². The Bertz CT molecular complexity index is 370. The number of benzene rings is 1. The Morgan fingerprint density at radius 2 is 2.00 bits per heavy atom. The van der Waals surface area contributed by atoms with Crippen molar-refractivity contribution in [3.8, 4) is 0 Å². The fourth-order valence-electron chi connectivity index (χ4n) is 1.02. The van der Waals surface area contributed by atoms with Gasteiger partial charge in [0.2, 0.25) is 0 Å². The highest BCUT2D eigenvalue weighted by atomic mass is 19.3. The summed E-state index contributed by atoms with van der Waals surface area (Å²) in [5.41, 5.74) is 0.207. The van der Waals surface area contributed by atoms with Crippen LogP contribution in [0.5, 0.6) is 0 Å². The summed E-state index contributed by atoms with van der Waals surface area (Å²) in [5, 5.41) is 3.74. The molecule has 0 amide bonds. The maximum atomic E-state index is 12.4. The lowest BCUT2D eigenvalue weighted by atomic mass is 10.1. The van der Waals surface area contributed by atoms with E-state index in [2.05, 4.69) is 5.16 Å². The van der Waals surface area contributed by atoms with E-state index in [0.717, 1.165) is 0 Å². The summed E-state index contributed by atoms with van der Waals surface area (Å²) in [4.78, 5) is 5.12. The minimum atomic E-state index is -2.46. The second kappa shape index (κ2) is 5.05. The first-order valence-electron chi connectivity index (χ1n) is 4.98. The molecule has 0 N–H and O–H groups in total. The molecule has 0 saturated heterocycles. The van der Waals surface area contributed by atoms with Crippen LogP contribution < -0.4 is 0 Å². The van der Waals surface area contributed by atoms with Gasteiger partial charge >= 0.3 is 0 Å². The number of nitrogens with zero attached hydrogens (tertiary/aromatic N) is 1. The van der Waals surface area contributed by atoms with Gasteiger partial charge in [0, 0.05) is 5.56 Å². The number of rotatable bonds is 3. The van der Waals surface area contributed by atoms with Crippen LogP contribution in [0.4, 0.5) is 8.78 Å². The fourth-order valence-corrected chi connectivity index (χ4v) is 1.02. The molecule has 1 aromatic rings. The number of halogens is 2. The van der Waals surface area contributed by atoms with Crippen LogP contribution in [0.25, 0.3) is 0 Å². The molecule has 2 nitrogen and oxygen atoms in total. The highest BCUT2D eigenvalue weighted by Gasteiger charge is 2.09. The Morgan fingerprint density at radius 1 is 1.31 bits per heavy atom. The number of oxime groups is 1. The van der Waals surface area contributed by atoms with Gasteiger partial charge in [-0.3, -0.25) is 0 Å². The minimum Gasteiger partial charge on any atom is -0.390 e. The molecule has 0 aliphatic rings. The number of alkyl halides is 2. The first-order chi connectivity index (χ1) is 7.38. The van der Waals surface area contributed by atoms with Crippen LogP contribution in [-0.2, 0) is 4.84 Å². The summed E-state index contributed by atoms with van der Waals surface area (Å²) in [7, 11) is 0. The van der Waals surface area contributed by atoms with Gasteiger partial charge in [0.1, 0.15) is 5.60 Å². The van der Waals surface area contributed by atoms with Crippen molar-refractivity contribution < 1.29 is 13.6 Å². The van der Waals surface area contributed by atoms with Gasteiger partial charge in [0.25, 0.3) is 6.43 Å². The van der Waals surface area contributed by atoms with Crippen LogP contribution in [0.15, 0.2) is 29.4 Å². The summed E-state index contributed by atoms with van der Waals surface area (Å²) in [6, 6.07) is 6.04. The van der Waals surface area contributed by atoms with Crippen LogP contribution >= 0.6 is 0 Å². The molecule has 88 valence electrons. The van der Waals surface area contributed by atoms with E-state index in [-0.39, 0.29) is 11.2 Å². The van der Waals surface area contributed by atoms with E-state index < -0.39 is 6.43 Å². The van der Waals surface area contributed by atoms with Crippen LogP contribution in [0, 0.1) is 0 Å². The van der Waals surface area contributed by atoms with E-state index in [4.69, 9.17) is 4.84 Å². The molecule has 1 aromatic carbocycles. The molecular weight excluding hydrogens is 212 g/mol. The van der Waals surface area contributed by atoms with E-state index >= 15 is 0 Å². The van der Waals surface area contributed by atoms with Gasteiger partial charge in [-0.05, 0) is 32.4 Å². The zero-order valence-electron chi connectivity index (χ0n) is 9.58. The quantitative estimate of drug-likeness (QED) is 0.569. The van der Waals surface area contributed by atoms with E-state index in [0.29, 0.717) is 5.56 Å². The topological polar surface area (TPSA) is 21.6 Å². The van der Waals surface area contributed by atoms with Crippen LogP contribution in [0.2, 0.25) is 0 Å². The Balaban J connectivity index is 2.71. The van der Waals surface area contributed by atoms with Gasteiger partial charge in [-0.25, -0.2) is 8.78 Å². The minimum absolute atomic E-state index is 0.0142. The fraction of sp³-hybridized carbons (Fsp3) is 0.417. The van der Waals surface area contributed by atoms with Crippen LogP contribution in [0.1, 0.15) is 38.3 Å². The first kappa shape index (κ1) is 12.6. The second-order valence-electron chi connectivity index (χ2n) is 4.41. The van der Waals surface area contributed by atoms with Crippen molar-refractivity contribution in [3.63, 3.8) is 0 Å². The average molecular weight is 227 g/mol. The maximum Gasteiger partial charge on any atom is 0.263 e. The third-order valence-corrected chi connectivity index (χ3v) is 1.69. The lowest BCUT2D eigenvalue weighted by Crippen LogP contribution is -2.15. The summed E-state index contributed by atoms with van der Waals surface area (Å²) in [6.45, 7) is 5.58. The van der Waals surface area contributed by atoms with Gasteiger partial charge in [0.15, 0.2) is 0 Å². The molecular formula is C12H15F2NO. The third kappa shape index (κ3) is 4.38. The molecule has 0 radical (unpaired) electrons. The number of hydrogen-bond acceptors (Lipinski definition) is 2. The van der Waals surface area contributed by atoms with E-state index in [1.54, 1.807) is 12.1 Å². The molecule has 0 unspecified atom stereocenters. The summed E-state index contributed by atoms with van der Waals surface area (Å²) < 4.78 is 24.8. The van der Waals surface area contributed by atoms with Crippen molar-refractivity contribution in [2.24, 2.45) is 5.16 Å². The Hall–Kier alpha value is -1.45. The van der Waals surface area contributed by atoms with Gasteiger partial charge in [-0.1, -0.05) is 23.4 Å². The van der Waals surface area contributed by atoms with Crippen LogP contribution in [0.3, 0.4) is 0 Å². The molecule has 0 heterocycles. The molecule has 0 aliphatic heterocycles. The highest BCUT2D eigenvalue weighted by molar-refractivity contribution is 5.79. The lowest BCUT2D eigenvalue weighted by Gasteiger charge is -2.14. The average Bonchev–Trinajstić information content (AvgIpc) is 2.16. The molecule has 0 aromatic heterocycles. The van der Waals surface area contributed by atoms with E-state index in [9.17, 15) is 8.78 Å². The van der Waals surface area contributed by atoms with Crippen molar-refractivity contribution in [2.75, 3.05) is 0 Å². The first-order valence-corrected chi connectivity index (χ1v) is 4.98. The Kier molecular flexibility index (Phi) is 3.99.